The van der Waals surface area contributed by atoms with Crippen molar-refractivity contribution >= 4 is 0 Å². The Morgan fingerprint density at radius 2 is 1.93 bits per heavy atom. The monoisotopic (exact) mass is 210 g/mol. The maximum atomic E-state index is 5.33. The molecule has 1 aromatic rings. The molecular weight excluding hydrogens is 188 g/mol. The Bertz CT molecular complexity index is 321. The van der Waals surface area contributed by atoms with E-state index in [1.807, 2.05) is 0 Å². The Hall–Kier alpha value is -0.830. The number of hydrogen-bond donors (Lipinski definition) is 1. The molecule has 0 fully saturated rings. The molecule has 0 radical (unpaired) electrons. The van der Waals surface area contributed by atoms with E-state index in [4.69, 9.17) is 4.52 Å². The van der Waals surface area contributed by atoms with E-state index in [2.05, 4.69) is 52.0 Å². The molecule has 3 heteroatoms. The molecule has 0 aromatic carbocycles. The van der Waals surface area contributed by atoms with Crippen LogP contribution in [0.15, 0.2) is 4.52 Å². The second-order valence-corrected chi connectivity index (χ2v) is 5.38. The highest BCUT2D eigenvalue weighted by molar-refractivity contribution is 5.23. The molecule has 0 bridgehead atoms. The Labute approximate surface area is 92.2 Å². The highest BCUT2D eigenvalue weighted by Crippen LogP contribution is 2.21. The zero-order valence-corrected chi connectivity index (χ0v) is 10.6. The number of nitrogens with one attached hydrogen (secondary N) is 1. The number of aromatic nitrogens is 1. The van der Waals surface area contributed by atoms with Crippen molar-refractivity contribution in [2.24, 2.45) is 0 Å². The van der Waals surface area contributed by atoms with Gasteiger partial charge in [0.1, 0.15) is 11.5 Å². The summed E-state index contributed by atoms with van der Waals surface area (Å²) >= 11 is 0. The van der Waals surface area contributed by atoms with Crippen LogP contribution >= 0.6 is 0 Å². The molecule has 0 saturated carbocycles. The van der Waals surface area contributed by atoms with Crippen LogP contribution in [0.5, 0.6) is 0 Å². The van der Waals surface area contributed by atoms with Crippen molar-refractivity contribution in [1.29, 1.82) is 0 Å². The van der Waals surface area contributed by atoms with Crippen molar-refractivity contribution in [1.82, 2.24) is 10.5 Å². The van der Waals surface area contributed by atoms with Crippen molar-refractivity contribution in [2.45, 2.75) is 59.5 Å². The summed E-state index contributed by atoms with van der Waals surface area (Å²) in [5.74, 6) is 1.40. The summed E-state index contributed by atoms with van der Waals surface area (Å²) in [4.78, 5) is 0. The molecule has 3 nitrogen and oxygen atoms in total. The third-order valence-electron chi connectivity index (χ3n) is 2.37. The van der Waals surface area contributed by atoms with Crippen LogP contribution < -0.4 is 5.32 Å². The van der Waals surface area contributed by atoms with Gasteiger partial charge in [0.2, 0.25) is 0 Å². The minimum atomic E-state index is 0.114. The maximum Gasteiger partial charge on any atom is 0.142 e. The van der Waals surface area contributed by atoms with Crippen LogP contribution in [0, 0.1) is 6.92 Å². The fraction of sp³-hybridized carbons (Fsp3) is 0.750. The molecule has 1 heterocycles. The fourth-order valence-electron chi connectivity index (χ4n) is 1.44. The highest BCUT2D eigenvalue weighted by atomic mass is 16.5. The van der Waals surface area contributed by atoms with Crippen LogP contribution in [0.2, 0.25) is 0 Å². The Balaban J connectivity index is 2.71. The van der Waals surface area contributed by atoms with E-state index in [9.17, 15) is 0 Å². The highest BCUT2D eigenvalue weighted by Gasteiger charge is 2.16. The fourth-order valence-corrected chi connectivity index (χ4v) is 1.44. The van der Waals surface area contributed by atoms with Gasteiger partial charge in [0, 0.05) is 23.6 Å². The summed E-state index contributed by atoms with van der Waals surface area (Å²) in [6.07, 6.45) is 0. The molecule has 1 aromatic heterocycles. The molecule has 0 aliphatic heterocycles. The Morgan fingerprint density at radius 3 is 2.33 bits per heavy atom. The first-order chi connectivity index (χ1) is 6.81. The second kappa shape index (κ2) is 4.35. The molecule has 86 valence electrons. The van der Waals surface area contributed by atoms with E-state index in [0.717, 1.165) is 18.0 Å². The lowest BCUT2D eigenvalue weighted by Crippen LogP contribution is -2.35. The third-order valence-corrected chi connectivity index (χ3v) is 2.37. The predicted octanol–water partition coefficient (Wildman–Crippen LogP) is 2.99. The van der Waals surface area contributed by atoms with E-state index in [1.165, 1.54) is 5.56 Å². The summed E-state index contributed by atoms with van der Waals surface area (Å²) in [5.41, 5.74) is 2.32. The first kappa shape index (κ1) is 12.2. The van der Waals surface area contributed by atoms with E-state index in [0.29, 0.717) is 5.92 Å². The van der Waals surface area contributed by atoms with Gasteiger partial charge in [-0.15, -0.1) is 0 Å². The average molecular weight is 210 g/mol. The van der Waals surface area contributed by atoms with Gasteiger partial charge in [-0.25, -0.2) is 0 Å². The summed E-state index contributed by atoms with van der Waals surface area (Å²) in [6, 6.07) is 0. The largest absolute Gasteiger partial charge is 0.361 e. The normalized spacial score (nSPS) is 12.5. The zero-order valence-electron chi connectivity index (χ0n) is 10.6. The molecule has 15 heavy (non-hydrogen) atoms. The van der Waals surface area contributed by atoms with Gasteiger partial charge in [-0.2, -0.15) is 0 Å². The van der Waals surface area contributed by atoms with Crippen LogP contribution in [-0.4, -0.2) is 10.7 Å². The summed E-state index contributed by atoms with van der Waals surface area (Å²) in [7, 11) is 0. The average Bonchev–Trinajstić information content (AvgIpc) is 2.42. The van der Waals surface area contributed by atoms with Gasteiger partial charge < -0.3 is 9.84 Å². The molecule has 1 N–H and O–H groups in total. The number of hydrogen-bond acceptors (Lipinski definition) is 3. The first-order valence-corrected chi connectivity index (χ1v) is 5.51. The van der Waals surface area contributed by atoms with Crippen LogP contribution in [0.1, 0.15) is 57.6 Å². The van der Waals surface area contributed by atoms with E-state index in [-0.39, 0.29) is 5.54 Å². The van der Waals surface area contributed by atoms with Gasteiger partial charge in [-0.1, -0.05) is 19.0 Å². The minimum absolute atomic E-state index is 0.114. The van der Waals surface area contributed by atoms with Crippen LogP contribution in [-0.2, 0) is 6.54 Å². The predicted molar refractivity (Wildman–Crippen MR) is 61.9 cm³/mol. The van der Waals surface area contributed by atoms with Crippen molar-refractivity contribution in [3.05, 3.63) is 17.0 Å². The molecule has 0 unspecified atom stereocenters. The summed E-state index contributed by atoms with van der Waals surface area (Å²) in [5, 5.41) is 7.51. The second-order valence-electron chi connectivity index (χ2n) is 5.38. The molecule has 1 rings (SSSR count). The smallest absolute Gasteiger partial charge is 0.142 e. The van der Waals surface area contributed by atoms with E-state index in [1.54, 1.807) is 0 Å². The number of nitrogens with zero attached hydrogens (tertiary/aromatic N) is 1. The van der Waals surface area contributed by atoms with E-state index < -0.39 is 0 Å². The van der Waals surface area contributed by atoms with Crippen molar-refractivity contribution < 1.29 is 4.52 Å². The topological polar surface area (TPSA) is 38.1 Å². The van der Waals surface area contributed by atoms with Crippen molar-refractivity contribution in [3.63, 3.8) is 0 Å². The van der Waals surface area contributed by atoms with E-state index >= 15 is 0 Å². The summed E-state index contributed by atoms with van der Waals surface area (Å²) < 4.78 is 5.33. The molecular formula is C12H22N2O. The number of rotatable bonds is 3. The lowest BCUT2D eigenvalue weighted by Gasteiger charge is -2.19. The first-order valence-electron chi connectivity index (χ1n) is 5.51. The van der Waals surface area contributed by atoms with Crippen molar-refractivity contribution in [2.75, 3.05) is 0 Å². The standard InChI is InChI=1S/C12H22N2O/c1-8(2)11-9(3)10(14-15-11)7-13-12(4,5)6/h8,13H,7H2,1-6H3. The Morgan fingerprint density at radius 1 is 1.33 bits per heavy atom. The van der Waals surface area contributed by atoms with Gasteiger partial charge in [0.05, 0.1) is 0 Å². The molecule has 0 aliphatic carbocycles. The van der Waals surface area contributed by atoms with Gasteiger partial charge in [-0.05, 0) is 27.7 Å². The zero-order chi connectivity index (χ0) is 11.6. The SMILES string of the molecule is Cc1c(CNC(C)(C)C)noc1C(C)C. The van der Waals surface area contributed by atoms with Gasteiger partial charge in [0.25, 0.3) is 0 Å². The van der Waals surface area contributed by atoms with Crippen molar-refractivity contribution in [3.8, 4) is 0 Å². The van der Waals surface area contributed by atoms with Gasteiger partial charge in [-0.3, -0.25) is 0 Å². The molecule has 0 saturated heterocycles. The lowest BCUT2D eigenvalue weighted by atomic mass is 10.1. The molecule has 0 aliphatic rings. The molecule has 0 amide bonds. The lowest BCUT2D eigenvalue weighted by molar-refractivity contribution is 0.356. The third kappa shape index (κ3) is 3.34. The quantitative estimate of drug-likeness (QED) is 0.833. The molecule has 0 spiro atoms. The maximum absolute atomic E-state index is 5.33. The Kier molecular flexibility index (Phi) is 3.55. The van der Waals surface area contributed by atoms with Crippen LogP contribution in [0.4, 0.5) is 0 Å². The van der Waals surface area contributed by atoms with Gasteiger partial charge in [0.15, 0.2) is 0 Å². The van der Waals surface area contributed by atoms with Crippen LogP contribution in [0.25, 0.3) is 0 Å². The van der Waals surface area contributed by atoms with Gasteiger partial charge >= 0.3 is 0 Å². The summed E-state index contributed by atoms with van der Waals surface area (Å²) in [6.45, 7) is 13.5. The van der Waals surface area contributed by atoms with Crippen LogP contribution in [0.3, 0.4) is 0 Å². The minimum Gasteiger partial charge on any atom is -0.361 e. The molecule has 0 atom stereocenters.